The van der Waals surface area contributed by atoms with Gasteiger partial charge in [0.1, 0.15) is 11.5 Å². The highest BCUT2D eigenvalue weighted by atomic mass is 16.5. The number of nitrogens with zero attached hydrogens (tertiary/aromatic N) is 6. The van der Waals surface area contributed by atoms with Gasteiger partial charge in [-0.15, -0.1) is 0 Å². The average molecular weight is 447 g/mol. The number of rotatable bonds is 7. The first-order valence-electron chi connectivity index (χ1n) is 12.5. The molecule has 5 heterocycles. The fourth-order valence-corrected chi connectivity index (χ4v) is 5.50. The highest BCUT2D eigenvalue weighted by Gasteiger charge is 2.34. The van der Waals surface area contributed by atoms with Crippen LogP contribution in [0.25, 0.3) is 5.65 Å². The minimum atomic E-state index is 0.313. The van der Waals surface area contributed by atoms with Crippen molar-refractivity contribution >= 4 is 11.5 Å². The van der Waals surface area contributed by atoms with E-state index in [0.717, 1.165) is 62.3 Å². The van der Waals surface area contributed by atoms with Crippen LogP contribution in [0.1, 0.15) is 43.0 Å². The number of pyridine rings is 2. The summed E-state index contributed by atoms with van der Waals surface area (Å²) in [6.45, 7) is 7.46. The van der Waals surface area contributed by atoms with Crippen LogP contribution in [0.15, 0.2) is 42.7 Å². The summed E-state index contributed by atoms with van der Waals surface area (Å²) >= 11 is 0. The lowest BCUT2D eigenvalue weighted by atomic mass is 10.1. The van der Waals surface area contributed by atoms with Crippen LogP contribution in [0.4, 0.5) is 5.82 Å². The van der Waals surface area contributed by atoms with Crippen molar-refractivity contribution in [2.24, 2.45) is 5.92 Å². The number of aromatic nitrogens is 3. The number of piperazine rings is 1. The standard InChI is InChI=1S/C26H34N6O/c1-33-26-21(6-5-11-27-26)17-29-14-15-31(16-20-9-10-20)23(19-29)22-18-32-24(28-22)7-4-8-25(32)30-12-2-3-13-30/h4-8,11,18,20,23H,2-3,9-10,12-17,19H2,1H3/t23-/m0/s1. The van der Waals surface area contributed by atoms with Crippen LogP contribution >= 0.6 is 0 Å². The molecule has 3 aromatic heterocycles. The van der Waals surface area contributed by atoms with Crippen molar-refractivity contribution < 1.29 is 4.74 Å². The van der Waals surface area contributed by atoms with Crippen molar-refractivity contribution in [3.63, 3.8) is 0 Å². The molecule has 0 N–H and O–H groups in total. The lowest BCUT2D eigenvalue weighted by molar-refractivity contribution is 0.0634. The first-order valence-corrected chi connectivity index (χ1v) is 12.5. The molecule has 33 heavy (non-hydrogen) atoms. The minimum absolute atomic E-state index is 0.313. The lowest BCUT2D eigenvalue weighted by Crippen LogP contribution is -2.48. The highest BCUT2D eigenvalue weighted by molar-refractivity contribution is 5.53. The molecule has 1 aliphatic carbocycles. The molecule has 0 bridgehead atoms. The van der Waals surface area contributed by atoms with Crippen molar-refractivity contribution in [3.8, 4) is 5.88 Å². The van der Waals surface area contributed by atoms with Gasteiger partial charge in [0, 0.05) is 63.8 Å². The maximum atomic E-state index is 5.51. The molecule has 2 saturated heterocycles. The second-order valence-corrected chi connectivity index (χ2v) is 9.83. The number of ether oxygens (including phenoxy) is 1. The molecule has 1 saturated carbocycles. The molecular weight excluding hydrogens is 412 g/mol. The van der Waals surface area contributed by atoms with Gasteiger partial charge in [0.05, 0.1) is 18.8 Å². The zero-order chi connectivity index (χ0) is 22.2. The summed E-state index contributed by atoms with van der Waals surface area (Å²) in [6.07, 6.45) is 9.42. The molecule has 174 valence electrons. The first kappa shape index (κ1) is 20.9. The molecule has 0 aromatic carbocycles. The lowest BCUT2D eigenvalue weighted by Gasteiger charge is -2.41. The molecule has 0 spiro atoms. The topological polar surface area (TPSA) is 49.1 Å². The summed E-state index contributed by atoms with van der Waals surface area (Å²) in [5, 5.41) is 0. The maximum absolute atomic E-state index is 5.51. The average Bonchev–Trinajstić information content (AvgIpc) is 3.32. The van der Waals surface area contributed by atoms with E-state index in [2.05, 4.69) is 54.5 Å². The molecule has 7 nitrogen and oxygen atoms in total. The molecule has 6 rings (SSSR count). The van der Waals surface area contributed by atoms with Gasteiger partial charge in [-0.3, -0.25) is 14.2 Å². The molecule has 0 radical (unpaired) electrons. The van der Waals surface area contributed by atoms with E-state index in [4.69, 9.17) is 9.72 Å². The Hall–Kier alpha value is -2.64. The van der Waals surface area contributed by atoms with Crippen LogP contribution in [-0.4, -0.2) is 70.5 Å². The number of imidazole rings is 1. The minimum Gasteiger partial charge on any atom is -0.481 e. The summed E-state index contributed by atoms with van der Waals surface area (Å²) in [6, 6.07) is 11.0. The van der Waals surface area contributed by atoms with E-state index in [1.54, 1.807) is 13.3 Å². The summed E-state index contributed by atoms with van der Waals surface area (Å²) < 4.78 is 7.83. The van der Waals surface area contributed by atoms with Crippen molar-refractivity contribution in [2.75, 3.05) is 51.3 Å². The van der Waals surface area contributed by atoms with Gasteiger partial charge in [-0.25, -0.2) is 9.97 Å². The van der Waals surface area contributed by atoms with Crippen LogP contribution in [0.2, 0.25) is 0 Å². The Bertz CT molecular complexity index is 1100. The Morgan fingerprint density at radius 2 is 1.91 bits per heavy atom. The van der Waals surface area contributed by atoms with Crippen LogP contribution in [0.5, 0.6) is 5.88 Å². The molecule has 7 heteroatoms. The second kappa shape index (κ2) is 8.95. The Balaban J connectivity index is 1.29. The number of fused-ring (bicyclic) bond motifs is 1. The summed E-state index contributed by atoms with van der Waals surface area (Å²) in [5.74, 6) is 2.89. The molecule has 3 fully saturated rings. The molecule has 0 amide bonds. The van der Waals surface area contributed by atoms with Gasteiger partial charge in [0.25, 0.3) is 0 Å². The maximum Gasteiger partial charge on any atom is 0.217 e. The SMILES string of the molecule is COc1ncccc1CN1CCN(CC2CC2)[C@H](c2cn3c(N4CCCC4)cccc3n2)C1. The molecule has 2 aliphatic heterocycles. The first-order chi connectivity index (χ1) is 16.3. The van der Waals surface area contributed by atoms with Crippen LogP contribution in [-0.2, 0) is 6.54 Å². The van der Waals surface area contributed by atoms with E-state index >= 15 is 0 Å². The Labute approximate surface area is 196 Å². The molecule has 0 unspecified atom stereocenters. The third-order valence-corrected chi connectivity index (χ3v) is 7.46. The third kappa shape index (κ3) is 4.32. The van der Waals surface area contributed by atoms with Gasteiger partial charge < -0.3 is 9.64 Å². The van der Waals surface area contributed by atoms with Gasteiger partial charge in [-0.1, -0.05) is 12.1 Å². The smallest absolute Gasteiger partial charge is 0.217 e. The Morgan fingerprint density at radius 3 is 2.73 bits per heavy atom. The predicted octanol–water partition coefficient (Wildman–Crippen LogP) is 3.61. The van der Waals surface area contributed by atoms with Crippen molar-refractivity contribution in [1.82, 2.24) is 24.2 Å². The van der Waals surface area contributed by atoms with E-state index < -0.39 is 0 Å². The summed E-state index contributed by atoms with van der Waals surface area (Å²) in [7, 11) is 1.71. The van der Waals surface area contributed by atoms with E-state index in [1.807, 2.05) is 6.07 Å². The van der Waals surface area contributed by atoms with Gasteiger partial charge >= 0.3 is 0 Å². The highest BCUT2D eigenvalue weighted by Crippen LogP contribution is 2.35. The van der Waals surface area contributed by atoms with Gasteiger partial charge in [0.15, 0.2) is 0 Å². The van der Waals surface area contributed by atoms with Crippen molar-refractivity contribution in [1.29, 1.82) is 0 Å². The van der Waals surface area contributed by atoms with Crippen LogP contribution in [0.3, 0.4) is 0 Å². The largest absolute Gasteiger partial charge is 0.481 e. The fraction of sp³-hybridized carbons (Fsp3) is 0.538. The van der Waals surface area contributed by atoms with Gasteiger partial charge in [-0.05, 0) is 49.8 Å². The molecule has 1 atom stereocenters. The zero-order valence-electron chi connectivity index (χ0n) is 19.6. The van der Waals surface area contributed by atoms with Crippen LogP contribution < -0.4 is 9.64 Å². The molecule has 3 aromatic rings. The predicted molar refractivity (Wildman–Crippen MR) is 130 cm³/mol. The zero-order valence-corrected chi connectivity index (χ0v) is 19.6. The van der Waals surface area contributed by atoms with Gasteiger partial charge in [0.2, 0.25) is 5.88 Å². The molecular formula is C26H34N6O. The van der Waals surface area contributed by atoms with E-state index in [1.165, 1.54) is 43.7 Å². The number of hydrogen-bond donors (Lipinski definition) is 0. The van der Waals surface area contributed by atoms with Gasteiger partial charge in [-0.2, -0.15) is 0 Å². The quantitative estimate of drug-likeness (QED) is 0.553. The van der Waals surface area contributed by atoms with E-state index in [0.29, 0.717) is 6.04 Å². The Morgan fingerprint density at radius 1 is 1.03 bits per heavy atom. The number of hydrogen-bond acceptors (Lipinski definition) is 6. The van der Waals surface area contributed by atoms with Crippen molar-refractivity contribution in [3.05, 3.63) is 54.0 Å². The third-order valence-electron chi connectivity index (χ3n) is 7.46. The monoisotopic (exact) mass is 446 g/mol. The molecule has 3 aliphatic rings. The normalized spacial score (nSPS) is 22.3. The van der Waals surface area contributed by atoms with Crippen LogP contribution in [0, 0.1) is 5.92 Å². The number of methoxy groups -OCH3 is 1. The summed E-state index contributed by atoms with van der Waals surface area (Å²) in [4.78, 5) is 17.3. The second-order valence-electron chi connectivity index (χ2n) is 9.83. The summed E-state index contributed by atoms with van der Waals surface area (Å²) in [5.41, 5.74) is 3.41. The Kier molecular flexibility index (Phi) is 5.68. The fourth-order valence-electron chi connectivity index (χ4n) is 5.50. The number of anilines is 1. The van der Waals surface area contributed by atoms with E-state index in [-0.39, 0.29) is 0 Å². The van der Waals surface area contributed by atoms with E-state index in [9.17, 15) is 0 Å². The van der Waals surface area contributed by atoms with Crippen molar-refractivity contribution in [2.45, 2.75) is 38.3 Å².